The molecule has 2 fully saturated rings. The number of hydrogen-bond donors (Lipinski definition) is 1. The topological polar surface area (TPSA) is 96.0 Å². The molecule has 0 bridgehead atoms. The van der Waals surface area contributed by atoms with Gasteiger partial charge in [0.25, 0.3) is 0 Å². The van der Waals surface area contributed by atoms with Crippen LogP contribution in [0.5, 0.6) is 0 Å². The fourth-order valence-corrected chi connectivity index (χ4v) is 6.11. The zero-order valence-corrected chi connectivity index (χ0v) is 21.2. The van der Waals surface area contributed by atoms with Crippen molar-refractivity contribution in [3.63, 3.8) is 0 Å². The van der Waals surface area contributed by atoms with E-state index in [0.29, 0.717) is 56.8 Å². The monoisotopic (exact) mass is 479 g/mol. The summed E-state index contributed by atoms with van der Waals surface area (Å²) in [4.78, 5) is 27.0. The number of rotatable bonds is 4. The largest absolute Gasteiger partial charge is 0.444 e. The van der Waals surface area contributed by atoms with Crippen LogP contribution in [0, 0.1) is 19.8 Å². The highest BCUT2D eigenvalue weighted by Gasteiger charge is 2.34. The number of aryl methyl sites for hydroxylation is 2. The molecule has 33 heavy (non-hydrogen) atoms. The standard InChI is InChI=1S/C24H37N3O5S/c1-17-6-7-21(18(2)16-17)33(30,31)27-14-8-19(9-15-27)22(28)25-20-10-12-26(13-11-20)23(29)32-24(3,4)5/h6-7,16,19-20H,8-15H2,1-5H3,(H,25,28). The minimum atomic E-state index is -3.56. The molecule has 0 saturated carbocycles. The van der Waals surface area contributed by atoms with Crippen LogP contribution in [0.15, 0.2) is 23.1 Å². The summed E-state index contributed by atoms with van der Waals surface area (Å²) in [6.45, 7) is 11.1. The number of ether oxygens (including phenoxy) is 1. The Kier molecular flexibility index (Phi) is 7.73. The molecule has 1 aromatic rings. The van der Waals surface area contributed by atoms with Crippen molar-refractivity contribution in [2.75, 3.05) is 26.2 Å². The second kappa shape index (κ2) is 10.0. The maximum atomic E-state index is 13.1. The molecule has 1 aromatic carbocycles. The lowest BCUT2D eigenvalue weighted by molar-refractivity contribution is -0.127. The Balaban J connectivity index is 1.48. The molecule has 0 radical (unpaired) electrons. The lowest BCUT2D eigenvalue weighted by atomic mass is 9.96. The molecule has 0 atom stereocenters. The van der Waals surface area contributed by atoms with Crippen molar-refractivity contribution in [3.05, 3.63) is 29.3 Å². The summed E-state index contributed by atoms with van der Waals surface area (Å²) in [5, 5.41) is 3.11. The van der Waals surface area contributed by atoms with Crippen molar-refractivity contribution < 1.29 is 22.7 Å². The van der Waals surface area contributed by atoms with E-state index in [2.05, 4.69) is 5.32 Å². The van der Waals surface area contributed by atoms with Gasteiger partial charge in [-0.3, -0.25) is 4.79 Å². The Labute approximate surface area is 197 Å². The number of nitrogens with one attached hydrogen (secondary N) is 1. The number of nitrogens with zero attached hydrogens (tertiary/aromatic N) is 2. The zero-order chi connectivity index (χ0) is 24.4. The maximum absolute atomic E-state index is 13.1. The summed E-state index contributed by atoms with van der Waals surface area (Å²) < 4.78 is 33.0. The van der Waals surface area contributed by atoms with Gasteiger partial charge in [-0.2, -0.15) is 4.31 Å². The van der Waals surface area contributed by atoms with E-state index in [1.54, 1.807) is 11.0 Å². The highest BCUT2D eigenvalue weighted by molar-refractivity contribution is 7.89. The molecule has 0 spiro atoms. The predicted octanol–water partition coefficient (Wildman–Crippen LogP) is 3.22. The second-order valence-corrected chi connectivity index (χ2v) is 12.1. The molecule has 2 aliphatic heterocycles. The van der Waals surface area contributed by atoms with Gasteiger partial charge in [-0.05, 0) is 71.9 Å². The molecule has 0 unspecified atom stereocenters. The number of hydrogen-bond acceptors (Lipinski definition) is 5. The summed E-state index contributed by atoms with van der Waals surface area (Å²) in [5.74, 6) is -0.214. The number of piperidine rings is 2. The first-order valence-electron chi connectivity index (χ1n) is 11.7. The lowest BCUT2D eigenvalue weighted by Crippen LogP contribution is -2.50. The predicted molar refractivity (Wildman–Crippen MR) is 126 cm³/mol. The number of benzene rings is 1. The molecule has 2 amide bonds. The first kappa shape index (κ1) is 25.5. The fourth-order valence-electron chi connectivity index (χ4n) is 4.44. The van der Waals surface area contributed by atoms with Gasteiger partial charge in [0.1, 0.15) is 5.60 Å². The van der Waals surface area contributed by atoms with Crippen LogP contribution in [-0.2, 0) is 19.6 Å². The van der Waals surface area contributed by atoms with Gasteiger partial charge >= 0.3 is 6.09 Å². The second-order valence-electron chi connectivity index (χ2n) is 10.2. The van der Waals surface area contributed by atoms with Crippen LogP contribution < -0.4 is 5.32 Å². The molecule has 2 aliphatic rings. The van der Waals surface area contributed by atoms with Gasteiger partial charge in [-0.1, -0.05) is 17.7 Å². The van der Waals surface area contributed by atoms with E-state index in [4.69, 9.17) is 4.74 Å². The minimum Gasteiger partial charge on any atom is -0.444 e. The Morgan fingerprint density at radius 1 is 1.00 bits per heavy atom. The number of carbonyl (C=O) groups is 2. The first-order valence-corrected chi connectivity index (χ1v) is 13.2. The number of amides is 2. The molecule has 2 heterocycles. The van der Waals surface area contributed by atoms with Crippen molar-refractivity contribution in [1.29, 1.82) is 0 Å². The van der Waals surface area contributed by atoms with Crippen molar-refractivity contribution in [3.8, 4) is 0 Å². The van der Waals surface area contributed by atoms with Gasteiger partial charge in [0, 0.05) is 38.1 Å². The average molecular weight is 480 g/mol. The van der Waals surface area contributed by atoms with E-state index < -0.39 is 15.6 Å². The number of sulfonamides is 1. The Morgan fingerprint density at radius 2 is 1.61 bits per heavy atom. The van der Waals surface area contributed by atoms with Crippen LogP contribution in [0.2, 0.25) is 0 Å². The maximum Gasteiger partial charge on any atom is 0.410 e. The first-order chi connectivity index (χ1) is 15.4. The van der Waals surface area contributed by atoms with Gasteiger partial charge < -0.3 is 15.0 Å². The molecular weight excluding hydrogens is 442 g/mol. The van der Waals surface area contributed by atoms with Gasteiger partial charge in [-0.15, -0.1) is 0 Å². The van der Waals surface area contributed by atoms with E-state index in [1.165, 1.54) is 4.31 Å². The highest BCUT2D eigenvalue weighted by Crippen LogP contribution is 2.27. The summed E-state index contributed by atoms with van der Waals surface area (Å²) in [7, 11) is -3.56. The van der Waals surface area contributed by atoms with E-state index in [1.807, 2.05) is 46.8 Å². The van der Waals surface area contributed by atoms with Crippen LogP contribution in [0.3, 0.4) is 0 Å². The third kappa shape index (κ3) is 6.47. The van der Waals surface area contributed by atoms with Crippen LogP contribution in [0.1, 0.15) is 57.6 Å². The van der Waals surface area contributed by atoms with Crippen LogP contribution in [0.4, 0.5) is 4.79 Å². The SMILES string of the molecule is Cc1ccc(S(=O)(=O)N2CCC(C(=O)NC3CCN(C(=O)OC(C)(C)C)CC3)CC2)c(C)c1. The van der Waals surface area contributed by atoms with Crippen LogP contribution in [0.25, 0.3) is 0 Å². The van der Waals surface area contributed by atoms with E-state index in [0.717, 1.165) is 11.1 Å². The molecular formula is C24H37N3O5S. The Bertz CT molecular complexity index is 970. The molecule has 184 valence electrons. The lowest BCUT2D eigenvalue weighted by Gasteiger charge is -2.35. The zero-order valence-electron chi connectivity index (χ0n) is 20.4. The minimum absolute atomic E-state index is 0.0192. The van der Waals surface area contributed by atoms with Crippen molar-refractivity contribution >= 4 is 22.0 Å². The van der Waals surface area contributed by atoms with Crippen molar-refractivity contribution in [1.82, 2.24) is 14.5 Å². The number of likely N-dealkylation sites (tertiary alicyclic amines) is 1. The normalized spacial score (nSPS) is 19.4. The third-order valence-electron chi connectivity index (χ3n) is 6.27. The molecule has 1 N–H and O–H groups in total. The summed E-state index contributed by atoms with van der Waals surface area (Å²) in [6.07, 6.45) is 2.07. The summed E-state index contributed by atoms with van der Waals surface area (Å²) >= 11 is 0. The summed E-state index contributed by atoms with van der Waals surface area (Å²) in [6, 6.07) is 5.38. The smallest absolute Gasteiger partial charge is 0.410 e. The molecule has 8 nitrogen and oxygen atoms in total. The molecule has 3 rings (SSSR count). The highest BCUT2D eigenvalue weighted by atomic mass is 32.2. The molecule has 9 heteroatoms. The Morgan fingerprint density at radius 3 is 2.15 bits per heavy atom. The van der Waals surface area contributed by atoms with E-state index in [-0.39, 0.29) is 24.0 Å². The van der Waals surface area contributed by atoms with Gasteiger partial charge in [0.2, 0.25) is 15.9 Å². The fraction of sp³-hybridized carbons (Fsp3) is 0.667. The van der Waals surface area contributed by atoms with Crippen molar-refractivity contribution in [2.24, 2.45) is 5.92 Å². The number of carbonyl (C=O) groups excluding carboxylic acids is 2. The van der Waals surface area contributed by atoms with Crippen LogP contribution >= 0.6 is 0 Å². The molecule has 0 aliphatic carbocycles. The van der Waals surface area contributed by atoms with Gasteiger partial charge in [-0.25, -0.2) is 13.2 Å². The average Bonchev–Trinajstić information content (AvgIpc) is 2.73. The van der Waals surface area contributed by atoms with Gasteiger partial charge in [0.15, 0.2) is 0 Å². The van der Waals surface area contributed by atoms with Gasteiger partial charge in [0.05, 0.1) is 4.90 Å². The van der Waals surface area contributed by atoms with Crippen LogP contribution in [-0.4, -0.2) is 67.4 Å². The molecule has 0 aromatic heterocycles. The van der Waals surface area contributed by atoms with E-state index in [9.17, 15) is 18.0 Å². The third-order valence-corrected chi connectivity index (χ3v) is 8.32. The summed E-state index contributed by atoms with van der Waals surface area (Å²) in [5.41, 5.74) is 1.24. The molecule has 2 saturated heterocycles. The van der Waals surface area contributed by atoms with E-state index >= 15 is 0 Å². The Hall–Kier alpha value is -2.13. The quantitative estimate of drug-likeness (QED) is 0.715. The van der Waals surface area contributed by atoms with Crippen molar-refractivity contribution in [2.45, 2.75) is 76.8 Å².